The summed E-state index contributed by atoms with van der Waals surface area (Å²) >= 11 is 3.48. The van der Waals surface area contributed by atoms with E-state index in [2.05, 4.69) is 33.5 Å². The molecular weight excluding hydrogens is 360 g/mol. The second kappa shape index (κ2) is 8.55. The van der Waals surface area contributed by atoms with Crippen LogP contribution in [0.25, 0.3) is 0 Å². The number of nitrogens with one attached hydrogen (secondary N) is 2. The predicted molar refractivity (Wildman–Crippen MR) is 94.4 cm³/mol. The lowest BCUT2D eigenvalue weighted by Crippen LogP contribution is -2.50. The third kappa shape index (κ3) is 4.61. The third-order valence-corrected chi connectivity index (χ3v) is 4.68. The van der Waals surface area contributed by atoms with E-state index in [9.17, 15) is 4.79 Å². The van der Waals surface area contributed by atoms with E-state index in [1.807, 2.05) is 6.92 Å². The third-order valence-electron chi connectivity index (χ3n) is 4.09. The molecule has 0 spiro atoms. The van der Waals surface area contributed by atoms with Crippen molar-refractivity contribution in [2.24, 2.45) is 5.92 Å². The first-order valence-corrected chi connectivity index (χ1v) is 8.88. The topological polar surface area (TPSA) is 59.6 Å². The number of ether oxygens (including phenoxy) is 2. The van der Waals surface area contributed by atoms with Gasteiger partial charge in [-0.05, 0) is 53.4 Å². The predicted octanol–water partition coefficient (Wildman–Crippen LogP) is 2.97. The highest BCUT2D eigenvalue weighted by Gasteiger charge is 2.24. The summed E-state index contributed by atoms with van der Waals surface area (Å²) in [6.07, 6.45) is 1.98. The molecule has 1 aliphatic rings. The normalized spacial score (nSPS) is 20.9. The van der Waals surface area contributed by atoms with Crippen molar-refractivity contribution >= 4 is 21.8 Å². The number of amides is 1. The zero-order valence-electron chi connectivity index (χ0n) is 13.9. The summed E-state index contributed by atoms with van der Waals surface area (Å²) in [4.78, 5) is 12.5. The molecular formula is C17H25BrN2O3. The van der Waals surface area contributed by atoms with Crippen molar-refractivity contribution in [3.63, 3.8) is 0 Å². The lowest BCUT2D eigenvalue weighted by molar-refractivity contribution is 0.0914. The summed E-state index contributed by atoms with van der Waals surface area (Å²) in [5, 5.41) is 6.43. The van der Waals surface area contributed by atoms with Crippen LogP contribution < -0.4 is 20.1 Å². The Hall–Kier alpha value is -1.27. The van der Waals surface area contributed by atoms with E-state index >= 15 is 0 Å². The average Bonchev–Trinajstić information content (AvgIpc) is 2.55. The molecule has 1 saturated heterocycles. The van der Waals surface area contributed by atoms with Crippen molar-refractivity contribution in [3.05, 3.63) is 22.2 Å². The summed E-state index contributed by atoms with van der Waals surface area (Å²) in [6.45, 7) is 6.64. The highest BCUT2D eigenvalue weighted by molar-refractivity contribution is 9.10. The molecule has 2 atom stereocenters. The molecule has 128 valence electrons. The Morgan fingerprint density at radius 2 is 2.26 bits per heavy atom. The van der Waals surface area contributed by atoms with Crippen LogP contribution in [0, 0.1) is 5.92 Å². The van der Waals surface area contributed by atoms with Crippen molar-refractivity contribution in [1.82, 2.24) is 10.6 Å². The molecule has 23 heavy (non-hydrogen) atoms. The Morgan fingerprint density at radius 3 is 2.91 bits per heavy atom. The van der Waals surface area contributed by atoms with E-state index in [4.69, 9.17) is 9.47 Å². The van der Waals surface area contributed by atoms with Crippen LogP contribution in [0.4, 0.5) is 0 Å². The highest BCUT2D eigenvalue weighted by Crippen LogP contribution is 2.36. The number of piperidine rings is 1. The van der Waals surface area contributed by atoms with Gasteiger partial charge in [-0.3, -0.25) is 4.79 Å². The van der Waals surface area contributed by atoms with Gasteiger partial charge in [0, 0.05) is 18.2 Å². The Labute approximate surface area is 146 Å². The fourth-order valence-corrected chi connectivity index (χ4v) is 3.19. The lowest BCUT2D eigenvalue weighted by Gasteiger charge is -2.30. The van der Waals surface area contributed by atoms with Gasteiger partial charge in [-0.1, -0.05) is 13.8 Å². The Morgan fingerprint density at radius 1 is 1.48 bits per heavy atom. The number of carbonyl (C=O) groups excluding carboxylic acids is 1. The van der Waals surface area contributed by atoms with Crippen LogP contribution >= 0.6 is 15.9 Å². The number of hydrogen-bond donors (Lipinski definition) is 2. The first-order chi connectivity index (χ1) is 11.1. The van der Waals surface area contributed by atoms with Crippen molar-refractivity contribution in [2.45, 2.75) is 32.7 Å². The summed E-state index contributed by atoms with van der Waals surface area (Å²) in [5.41, 5.74) is 0.565. The lowest BCUT2D eigenvalue weighted by atomic mass is 9.94. The van der Waals surface area contributed by atoms with Gasteiger partial charge in [-0.25, -0.2) is 0 Å². The number of carbonyl (C=O) groups is 1. The summed E-state index contributed by atoms with van der Waals surface area (Å²) in [5.74, 6) is 1.58. The Balaban J connectivity index is 2.15. The maximum Gasteiger partial charge on any atom is 0.251 e. The van der Waals surface area contributed by atoms with Gasteiger partial charge in [-0.2, -0.15) is 0 Å². The van der Waals surface area contributed by atoms with E-state index in [-0.39, 0.29) is 11.9 Å². The molecule has 0 aliphatic carbocycles. The molecule has 1 aromatic rings. The number of rotatable bonds is 6. The van der Waals surface area contributed by atoms with E-state index in [1.165, 1.54) is 0 Å². The summed E-state index contributed by atoms with van der Waals surface area (Å²) in [6, 6.07) is 3.66. The average molecular weight is 385 g/mol. The Bertz CT molecular complexity index is 551. The molecule has 1 aliphatic heterocycles. The largest absolute Gasteiger partial charge is 0.493 e. The van der Waals surface area contributed by atoms with Gasteiger partial charge < -0.3 is 20.1 Å². The van der Waals surface area contributed by atoms with Crippen LogP contribution in [0.1, 0.15) is 37.0 Å². The molecule has 1 fully saturated rings. The molecule has 1 heterocycles. The fourth-order valence-electron chi connectivity index (χ4n) is 2.63. The van der Waals surface area contributed by atoms with Gasteiger partial charge in [0.15, 0.2) is 11.5 Å². The molecule has 2 unspecified atom stereocenters. The van der Waals surface area contributed by atoms with Crippen LogP contribution in [-0.4, -0.2) is 38.8 Å². The second-order valence-corrected chi connectivity index (χ2v) is 6.74. The summed E-state index contributed by atoms with van der Waals surface area (Å²) in [7, 11) is 1.58. The molecule has 6 heteroatoms. The molecule has 2 rings (SSSR count). The Kier molecular flexibility index (Phi) is 6.72. The van der Waals surface area contributed by atoms with Crippen LogP contribution in [0.3, 0.4) is 0 Å². The van der Waals surface area contributed by atoms with Crippen molar-refractivity contribution in [1.29, 1.82) is 0 Å². The van der Waals surface area contributed by atoms with Crippen molar-refractivity contribution < 1.29 is 14.3 Å². The SMILES string of the molecule is CCCOc1c(Br)cc(C(=O)NC2CNCCC2C)cc1OC. The van der Waals surface area contributed by atoms with Crippen LogP contribution in [0.15, 0.2) is 16.6 Å². The van der Waals surface area contributed by atoms with Crippen molar-refractivity contribution in [3.8, 4) is 11.5 Å². The second-order valence-electron chi connectivity index (χ2n) is 5.89. The number of hydrogen-bond acceptors (Lipinski definition) is 4. The molecule has 1 amide bonds. The van der Waals surface area contributed by atoms with Crippen LogP contribution in [0.2, 0.25) is 0 Å². The first kappa shape index (κ1) is 18.1. The molecule has 0 aromatic heterocycles. The minimum absolute atomic E-state index is 0.0911. The van der Waals surface area contributed by atoms with Gasteiger partial charge in [0.25, 0.3) is 5.91 Å². The smallest absolute Gasteiger partial charge is 0.251 e. The van der Waals surface area contributed by atoms with Gasteiger partial charge in [0.1, 0.15) is 0 Å². The zero-order chi connectivity index (χ0) is 16.8. The van der Waals surface area contributed by atoms with Crippen LogP contribution in [-0.2, 0) is 0 Å². The van der Waals surface area contributed by atoms with Gasteiger partial charge in [-0.15, -0.1) is 0 Å². The van der Waals surface area contributed by atoms with E-state index in [0.29, 0.717) is 29.6 Å². The van der Waals surface area contributed by atoms with Gasteiger partial charge in [0.2, 0.25) is 0 Å². The van der Waals surface area contributed by atoms with E-state index in [1.54, 1.807) is 19.2 Å². The van der Waals surface area contributed by atoms with E-state index < -0.39 is 0 Å². The van der Waals surface area contributed by atoms with Gasteiger partial charge in [0.05, 0.1) is 18.2 Å². The first-order valence-electron chi connectivity index (χ1n) is 8.08. The zero-order valence-corrected chi connectivity index (χ0v) is 15.5. The monoisotopic (exact) mass is 384 g/mol. The quantitative estimate of drug-likeness (QED) is 0.791. The maximum absolute atomic E-state index is 12.5. The maximum atomic E-state index is 12.5. The number of halogens is 1. The molecule has 0 bridgehead atoms. The minimum Gasteiger partial charge on any atom is -0.493 e. The van der Waals surface area contributed by atoms with Crippen LogP contribution in [0.5, 0.6) is 11.5 Å². The molecule has 5 nitrogen and oxygen atoms in total. The molecule has 0 radical (unpaired) electrons. The van der Waals surface area contributed by atoms with Crippen molar-refractivity contribution in [2.75, 3.05) is 26.8 Å². The molecule has 2 N–H and O–H groups in total. The molecule has 0 saturated carbocycles. The highest BCUT2D eigenvalue weighted by atomic mass is 79.9. The fraction of sp³-hybridized carbons (Fsp3) is 0.588. The van der Waals surface area contributed by atoms with Gasteiger partial charge >= 0.3 is 0 Å². The molecule has 1 aromatic carbocycles. The standard InChI is InChI=1S/C17H25BrN2O3/c1-4-7-23-16-13(18)8-12(9-15(16)22-3)17(21)20-14-10-19-6-5-11(14)2/h8-9,11,14,19H,4-7,10H2,1-3H3,(H,20,21). The number of benzene rings is 1. The van der Waals surface area contributed by atoms with E-state index in [0.717, 1.165) is 30.4 Å². The summed E-state index contributed by atoms with van der Waals surface area (Å²) < 4.78 is 11.8. The minimum atomic E-state index is -0.0911. The number of methoxy groups -OCH3 is 1.